The van der Waals surface area contributed by atoms with Crippen molar-refractivity contribution >= 4 is 11.9 Å². The lowest BCUT2D eigenvalue weighted by Gasteiger charge is -2.12. The van der Waals surface area contributed by atoms with Crippen LogP contribution in [0, 0.1) is 0 Å². The van der Waals surface area contributed by atoms with Crippen LogP contribution >= 0.6 is 0 Å². The van der Waals surface area contributed by atoms with Crippen molar-refractivity contribution in [1.29, 1.82) is 0 Å². The Bertz CT molecular complexity index is 376. The van der Waals surface area contributed by atoms with Crippen LogP contribution in [0.2, 0.25) is 0 Å². The molecule has 0 radical (unpaired) electrons. The van der Waals surface area contributed by atoms with Gasteiger partial charge in [0, 0.05) is 20.3 Å². The van der Waals surface area contributed by atoms with E-state index in [4.69, 9.17) is 9.47 Å². The molecule has 0 heterocycles. The molecular formula is C22H40O4. The third kappa shape index (κ3) is 19.0. The predicted octanol–water partition coefficient (Wildman–Crippen LogP) is 6.48. The van der Waals surface area contributed by atoms with Crippen molar-refractivity contribution in [2.24, 2.45) is 0 Å². The number of hydrogen-bond donors (Lipinski definition) is 0. The fraction of sp³-hybridized carbons (Fsp3) is 0.818. The zero-order chi connectivity index (χ0) is 19.5. The Hall–Kier alpha value is -1.32. The van der Waals surface area contributed by atoms with Crippen LogP contribution in [0.25, 0.3) is 0 Å². The Balaban J connectivity index is 3.31. The second-order valence-electron chi connectivity index (χ2n) is 7.00. The van der Waals surface area contributed by atoms with Gasteiger partial charge in [0.15, 0.2) is 0 Å². The second kappa shape index (κ2) is 18.5. The molecule has 0 bridgehead atoms. The third-order valence-corrected chi connectivity index (χ3v) is 4.27. The third-order valence-electron chi connectivity index (χ3n) is 4.27. The molecule has 0 aromatic carbocycles. The van der Waals surface area contributed by atoms with Gasteiger partial charge in [-0.3, -0.25) is 9.59 Å². The molecule has 4 nitrogen and oxygen atoms in total. The van der Waals surface area contributed by atoms with Crippen molar-refractivity contribution in [3.8, 4) is 0 Å². The van der Waals surface area contributed by atoms with Crippen molar-refractivity contribution in [3.05, 3.63) is 12.2 Å². The summed E-state index contributed by atoms with van der Waals surface area (Å²) in [5, 5.41) is 0. The van der Waals surface area contributed by atoms with Gasteiger partial charge in [0.2, 0.25) is 6.29 Å². The van der Waals surface area contributed by atoms with E-state index in [2.05, 4.69) is 19.1 Å². The van der Waals surface area contributed by atoms with Gasteiger partial charge in [0.25, 0.3) is 0 Å². The van der Waals surface area contributed by atoms with Crippen LogP contribution < -0.4 is 0 Å². The van der Waals surface area contributed by atoms with E-state index in [-0.39, 0.29) is 5.97 Å². The summed E-state index contributed by atoms with van der Waals surface area (Å²) < 4.78 is 9.75. The van der Waals surface area contributed by atoms with E-state index >= 15 is 0 Å². The van der Waals surface area contributed by atoms with E-state index in [1.165, 1.54) is 64.7 Å². The van der Waals surface area contributed by atoms with E-state index in [0.29, 0.717) is 6.42 Å². The molecule has 0 amide bonds. The minimum absolute atomic E-state index is 0.295. The minimum Gasteiger partial charge on any atom is -0.426 e. The number of carbonyl (C=O) groups excluding carboxylic acids is 2. The van der Waals surface area contributed by atoms with Gasteiger partial charge in [-0.25, -0.2) is 0 Å². The molecule has 0 aromatic rings. The van der Waals surface area contributed by atoms with Gasteiger partial charge in [-0.1, -0.05) is 70.4 Å². The minimum atomic E-state index is -0.789. The first-order valence-electron chi connectivity index (χ1n) is 10.6. The lowest BCUT2D eigenvalue weighted by molar-refractivity contribution is -0.182. The summed E-state index contributed by atoms with van der Waals surface area (Å²) in [4.78, 5) is 22.3. The number of hydrogen-bond acceptors (Lipinski definition) is 4. The van der Waals surface area contributed by atoms with Crippen LogP contribution in [0.5, 0.6) is 0 Å². The van der Waals surface area contributed by atoms with Crippen molar-refractivity contribution in [3.63, 3.8) is 0 Å². The predicted molar refractivity (Wildman–Crippen MR) is 107 cm³/mol. The SMILES string of the molecule is CCCCCCCC/C=C\CCCCCCCC(=O)OC(C)OC(C)=O. The van der Waals surface area contributed by atoms with Crippen molar-refractivity contribution in [2.75, 3.05) is 0 Å². The van der Waals surface area contributed by atoms with E-state index in [1.54, 1.807) is 6.92 Å². The molecule has 0 fully saturated rings. The molecule has 0 saturated carbocycles. The van der Waals surface area contributed by atoms with Crippen LogP contribution in [0.4, 0.5) is 0 Å². The van der Waals surface area contributed by atoms with Gasteiger partial charge in [-0.05, 0) is 32.1 Å². The molecule has 0 aliphatic heterocycles. The van der Waals surface area contributed by atoms with E-state index < -0.39 is 12.3 Å². The quantitative estimate of drug-likeness (QED) is 0.128. The first-order valence-corrected chi connectivity index (χ1v) is 10.6. The standard InChI is InChI=1S/C22H40O4/c1-4-5-6-7-8-9-10-11-12-13-14-15-16-17-18-19-22(24)26-21(3)25-20(2)23/h11-12,21H,4-10,13-19H2,1-3H3/b12-11-. The lowest BCUT2D eigenvalue weighted by Crippen LogP contribution is -2.20. The Morgan fingerprint density at radius 2 is 1.27 bits per heavy atom. The average Bonchev–Trinajstić information content (AvgIpc) is 2.57. The highest BCUT2D eigenvalue weighted by atomic mass is 16.7. The summed E-state index contributed by atoms with van der Waals surface area (Å²) in [5.41, 5.74) is 0. The largest absolute Gasteiger partial charge is 0.426 e. The van der Waals surface area contributed by atoms with Gasteiger partial charge < -0.3 is 9.47 Å². The Morgan fingerprint density at radius 3 is 1.81 bits per heavy atom. The molecule has 0 saturated heterocycles. The molecule has 1 atom stereocenters. The van der Waals surface area contributed by atoms with E-state index in [1.807, 2.05) is 0 Å². The fourth-order valence-electron chi connectivity index (χ4n) is 2.84. The Morgan fingerprint density at radius 1 is 0.769 bits per heavy atom. The van der Waals surface area contributed by atoms with Gasteiger partial charge in [0.1, 0.15) is 0 Å². The zero-order valence-electron chi connectivity index (χ0n) is 17.3. The maximum absolute atomic E-state index is 11.5. The van der Waals surface area contributed by atoms with Gasteiger partial charge in [-0.15, -0.1) is 0 Å². The molecule has 4 heteroatoms. The number of unbranched alkanes of at least 4 members (excludes halogenated alkanes) is 11. The first kappa shape index (κ1) is 24.7. The van der Waals surface area contributed by atoms with Crippen LogP contribution in [0.1, 0.15) is 111 Å². The lowest BCUT2D eigenvalue weighted by atomic mass is 10.1. The molecular weight excluding hydrogens is 328 g/mol. The topological polar surface area (TPSA) is 52.6 Å². The summed E-state index contributed by atoms with van der Waals surface area (Å²) in [6, 6.07) is 0. The number of rotatable bonds is 17. The monoisotopic (exact) mass is 368 g/mol. The summed E-state index contributed by atoms with van der Waals surface area (Å²) in [6.07, 6.45) is 20.3. The maximum Gasteiger partial charge on any atom is 0.308 e. The zero-order valence-corrected chi connectivity index (χ0v) is 17.3. The Labute approximate surface area is 160 Å². The molecule has 0 N–H and O–H groups in total. The van der Waals surface area contributed by atoms with Gasteiger partial charge >= 0.3 is 11.9 Å². The second-order valence-corrected chi connectivity index (χ2v) is 7.00. The first-order chi connectivity index (χ1) is 12.6. The van der Waals surface area contributed by atoms with Gasteiger partial charge in [-0.2, -0.15) is 0 Å². The normalized spacial score (nSPS) is 12.3. The maximum atomic E-state index is 11.5. The van der Waals surface area contributed by atoms with Crippen LogP contribution in [0.15, 0.2) is 12.2 Å². The smallest absolute Gasteiger partial charge is 0.308 e. The average molecular weight is 369 g/mol. The number of esters is 2. The summed E-state index contributed by atoms with van der Waals surface area (Å²) >= 11 is 0. The summed E-state index contributed by atoms with van der Waals surface area (Å²) in [7, 11) is 0. The molecule has 1 unspecified atom stereocenters. The number of allylic oxidation sites excluding steroid dienone is 2. The highest BCUT2D eigenvalue weighted by molar-refractivity contribution is 5.70. The fourth-order valence-corrected chi connectivity index (χ4v) is 2.84. The molecule has 0 aliphatic rings. The molecule has 152 valence electrons. The highest BCUT2D eigenvalue weighted by Crippen LogP contribution is 2.10. The van der Waals surface area contributed by atoms with Crippen molar-refractivity contribution in [2.45, 2.75) is 117 Å². The van der Waals surface area contributed by atoms with Gasteiger partial charge in [0.05, 0.1) is 0 Å². The molecule has 26 heavy (non-hydrogen) atoms. The number of ether oxygens (including phenoxy) is 2. The van der Waals surface area contributed by atoms with E-state index in [0.717, 1.165) is 25.7 Å². The van der Waals surface area contributed by atoms with E-state index in [9.17, 15) is 9.59 Å². The molecule has 0 aliphatic carbocycles. The van der Waals surface area contributed by atoms with Crippen LogP contribution in [-0.2, 0) is 19.1 Å². The van der Waals surface area contributed by atoms with Crippen LogP contribution in [0.3, 0.4) is 0 Å². The van der Waals surface area contributed by atoms with Crippen LogP contribution in [-0.4, -0.2) is 18.2 Å². The highest BCUT2D eigenvalue weighted by Gasteiger charge is 2.10. The molecule has 0 aromatic heterocycles. The molecule has 0 spiro atoms. The summed E-state index contributed by atoms with van der Waals surface area (Å²) in [6.45, 7) is 5.11. The molecule has 0 rings (SSSR count). The van der Waals surface area contributed by atoms with Crippen molar-refractivity contribution in [1.82, 2.24) is 0 Å². The Kier molecular flexibility index (Phi) is 17.5. The van der Waals surface area contributed by atoms with Crippen molar-refractivity contribution < 1.29 is 19.1 Å². The number of carbonyl (C=O) groups is 2. The summed E-state index contributed by atoms with van der Waals surface area (Å²) in [5.74, 6) is -0.734.